The average Bonchev–Trinajstić information content (AvgIpc) is 3.43. The molecule has 4 heteroatoms. The molecular formula is C24H25KNO2-. The standard InChI is InChI=1S/C19H16NO2.C5H9.K/c1-14(13-21)12-17-20-18(15-8-4-2-5-9-15)19(22-17)16-10-6-3-7-11-16;1-2-4-5-3-1;/h2-11,14H,12H2,1H3;1H,2-5H2;/q2*-1;+1. The van der Waals surface area contributed by atoms with E-state index in [1.54, 1.807) is 0 Å². The third kappa shape index (κ3) is 6.78. The van der Waals surface area contributed by atoms with Gasteiger partial charge >= 0.3 is 51.4 Å². The molecule has 0 aliphatic heterocycles. The van der Waals surface area contributed by atoms with Crippen LogP contribution in [0.5, 0.6) is 0 Å². The second-order valence-corrected chi connectivity index (χ2v) is 6.81. The summed E-state index contributed by atoms with van der Waals surface area (Å²) >= 11 is 0. The fraction of sp³-hybridized carbons (Fsp3) is 0.292. The number of rotatable bonds is 5. The van der Waals surface area contributed by atoms with E-state index in [0.29, 0.717) is 12.3 Å². The van der Waals surface area contributed by atoms with E-state index in [9.17, 15) is 4.79 Å². The van der Waals surface area contributed by atoms with E-state index in [2.05, 4.69) is 11.4 Å². The van der Waals surface area contributed by atoms with Crippen molar-refractivity contribution in [3.05, 3.63) is 73.0 Å². The van der Waals surface area contributed by atoms with Gasteiger partial charge < -0.3 is 15.6 Å². The third-order valence-corrected chi connectivity index (χ3v) is 4.50. The number of aromatic nitrogens is 1. The van der Waals surface area contributed by atoms with Crippen LogP contribution in [-0.2, 0) is 11.2 Å². The van der Waals surface area contributed by atoms with Crippen molar-refractivity contribution in [2.24, 2.45) is 5.92 Å². The molecule has 140 valence electrons. The molecule has 1 atom stereocenters. The first-order valence-corrected chi connectivity index (χ1v) is 9.58. The second-order valence-electron chi connectivity index (χ2n) is 6.81. The van der Waals surface area contributed by atoms with Crippen LogP contribution in [0.2, 0.25) is 0 Å². The van der Waals surface area contributed by atoms with Crippen LogP contribution in [0.15, 0.2) is 65.1 Å². The maximum atomic E-state index is 10.7. The molecule has 0 N–H and O–H groups in total. The Morgan fingerprint density at radius 2 is 1.57 bits per heavy atom. The predicted octanol–water partition coefficient (Wildman–Crippen LogP) is 3.07. The Morgan fingerprint density at radius 1 is 1.00 bits per heavy atom. The molecule has 1 aromatic heterocycles. The Morgan fingerprint density at radius 3 is 2.07 bits per heavy atom. The van der Waals surface area contributed by atoms with E-state index in [1.165, 1.54) is 25.7 Å². The van der Waals surface area contributed by atoms with Gasteiger partial charge in [0.25, 0.3) is 0 Å². The van der Waals surface area contributed by atoms with Gasteiger partial charge in [0.15, 0.2) is 11.7 Å². The monoisotopic (exact) mass is 398 g/mol. The van der Waals surface area contributed by atoms with Gasteiger partial charge in [-0.3, -0.25) is 6.29 Å². The summed E-state index contributed by atoms with van der Waals surface area (Å²) < 4.78 is 5.94. The molecular weight excluding hydrogens is 373 g/mol. The molecule has 0 bridgehead atoms. The molecule has 1 fully saturated rings. The van der Waals surface area contributed by atoms with E-state index >= 15 is 0 Å². The number of carbonyl (C=O) groups excluding carboxylic acids is 1. The fourth-order valence-electron chi connectivity index (χ4n) is 3.05. The third-order valence-electron chi connectivity index (χ3n) is 4.50. The number of benzene rings is 2. The van der Waals surface area contributed by atoms with Crippen LogP contribution in [0.25, 0.3) is 22.6 Å². The molecule has 3 nitrogen and oxygen atoms in total. The number of nitrogens with zero attached hydrogens (tertiary/aromatic N) is 1. The first kappa shape index (κ1) is 23.2. The van der Waals surface area contributed by atoms with Crippen molar-refractivity contribution in [1.29, 1.82) is 0 Å². The van der Waals surface area contributed by atoms with Crippen LogP contribution in [0.4, 0.5) is 0 Å². The van der Waals surface area contributed by atoms with Crippen molar-refractivity contribution in [2.75, 3.05) is 0 Å². The molecule has 0 radical (unpaired) electrons. The summed E-state index contributed by atoms with van der Waals surface area (Å²) in [6.07, 6.45) is 10.4. The molecule has 4 rings (SSSR count). The summed E-state index contributed by atoms with van der Waals surface area (Å²) in [5, 5.41) is 0. The topological polar surface area (TPSA) is 43.1 Å². The van der Waals surface area contributed by atoms with Crippen molar-refractivity contribution >= 4 is 6.29 Å². The zero-order valence-corrected chi connectivity index (χ0v) is 19.9. The summed E-state index contributed by atoms with van der Waals surface area (Å²) in [7, 11) is 0. The number of oxazole rings is 1. The summed E-state index contributed by atoms with van der Waals surface area (Å²) in [5.41, 5.74) is 2.78. The zero-order valence-electron chi connectivity index (χ0n) is 16.7. The quantitative estimate of drug-likeness (QED) is 0.490. The van der Waals surface area contributed by atoms with Crippen LogP contribution in [0.1, 0.15) is 38.5 Å². The maximum absolute atomic E-state index is 10.7. The summed E-state index contributed by atoms with van der Waals surface area (Å²) in [5.74, 6) is 1.07. The molecule has 0 saturated heterocycles. The van der Waals surface area contributed by atoms with E-state index in [-0.39, 0.29) is 57.3 Å². The fourth-order valence-corrected chi connectivity index (χ4v) is 3.05. The molecule has 1 aliphatic rings. The van der Waals surface area contributed by atoms with Crippen LogP contribution >= 0.6 is 0 Å². The Hall–Kier alpha value is -1.04. The van der Waals surface area contributed by atoms with E-state index in [1.807, 2.05) is 73.9 Å². The van der Waals surface area contributed by atoms with Gasteiger partial charge in [-0.1, -0.05) is 80.4 Å². The van der Waals surface area contributed by atoms with E-state index < -0.39 is 0 Å². The summed E-state index contributed by atoms with van der Waals surface area (Å²) in [6.45, 7) is 1.81. The summed E-state index contributed by atoms with van der Waals surface area (Å²) in [4.78, 5) is 15.3. The SMILES string of the molecule is CC([C-]=O)Cc1nc(-c2ccccc2)c(-c2ccccc2)o1.[CH-]1CCCC1.[K+]. The predicted molar refractivity (Wildman–Crippen MR) is 109 cm³/mol. The first-order valence-electron chi connectivity index (χ1n) is 9.58. The zero-order chi connectivity index (χ0) is 18.9. The average molecular weight is 399 g/mol. The van der Waals surface area contributed by atoms with Gasteiger partial charge in [-0.2, -0.15) is 12.8 Å². The molecule has 1 saturated carbocycles. The molecule has 3 aromatic rings. The van der Waals surface area contributed by atoms with Crippen molar-refractivity contribution in [3.8, 4) is 22.6 Å². The van der Waals surface area contributed by atoms with Crippen LogP contribution < -0.4 is 51.4 Å². The minimum absolute atomic E-state index is 0. The Kier molecular flexibility index (Phi) is 10.4. The molecule has 0 amide bonds. The largest absolute Gasteiger partial charge is 1.00 e. The van der Waals surface area contributed by atoms with Gasteiger partial charge in [-0.05, 0) is 0 Å². The van der Waals surface area contributed by atoms with E-state index in [4.69, 9.17) is 4.42 Å². The van der Waals surface area contributed by atoms with Crippen molar-refractivity contribution in [3.63, 3.8) is 0 Å². The second kappa shape index (κ2) is 12.5. The maximum Gasteiger partial charge on any atom is 1.00 e. The number of hydrogen-bond acceptors (Lipinski definition) is 3. The molecule has 28 heavy (non-hydrogen) atoms. The summed E-state index contributed by atoms with van der Waals surface area (Å²) in [6, 6.07) is 19.8. The van der Waals surface area contributed by atoms with Gasteiger partial charge in [0.05, 0.1) is 0 Å². The van der Waals surface area contributed by atoms with Gasteiger partial charge in [0.2, 0.25) is 0 Å². The molecule has 1 heterocycles. The van der Waals surface area contributed by atoms with Gasteiger partial charge in [-0.15, -0.1) is 5.92 Å². The van der Waals surface area contributed by atoms with Crippen LogP contribution in [0.3, 0.4) is 0 Å². The van der Waals surface area contributed by atoms with Crippen molar-refractivity contribution < 1.29 is 60.6 Å². The van der Waals surface area contributed by atoms with Crippen molar-refractivity contribution in [1.82, 2.24) is 4.98 Å². The molecule has 1 aliphatic carbocycles. The minimum atomic E-state index is -0.231. The van der Waals surface area contributed by atoms with Crippen molar-refractivity contribution in [2.45, 2.75) is 39.0 Å². The van der Waals surface area contributed by atoms with E-state index in [0.717, 1.165) is 22.6 Å². The molecule has 2 aromatic carbocycles. The first-order chi connectivity index (χ1) is 13.3. The normalized spacial score (nSPS) is 13.8. The van der Waals surface area contributed by atoms with Crippen LogP contribution in [0, 0.1) is 12.3 Å². The van der Waals surface area contributed by atoms with Gasteiger partial charge in [0.1, 0.15) is 5.69 Å². The van der Waals surface area contributed by atoms with Gasteiger partial charge in [-0.25, -0.2) is 4.98 Å². The minimum Gasteiger partial charge on any atom is -0.542 e. The Labute approximate surface area is 210 Å². The Bertz CT molecular complexity index is 762. The van der Waals surface area contributed by atoms with Crippen LogP contribution in [-0.4, -0.2) is 11.3 Å². The Balaban J connectivity index is 0.000000408. The number of hydrogen-bond donors (Lipinski definition) is 0. The van der Waals surface area contributed by atoms with Gasteiger partial charge in [0, 0.05) is 17.5 Å². The molecule has 1 unspecified atom stereocenters. The molecule has 0 spiro atoms. The smallest absolute Gasteiger partial charge is 0.542 e.